The lowest BCUT2D eigenvalue weighted by Gasteiger charge is -2.11. The molecule has 4 N–H and O–H groups in total. The lowest BCUT2D eigenvalue weighted by atomic mass is 10.1. The number of rotatable bonds is 8. The number of carbonyl (C=O) groups is 4. The van der Waals surface area contributed by atoms with Gasteiger partial charge in [0.25, 0.3) is 0 Å². The molecule has 10 heteroatoms. The van der Waals surface area contributed by atoms with E-state index in [2.05, 4.69) is 0 Å². The lowest BCUT2D eigenvalue weighted by Crippen LogP contribution is -2.08. The summed E-state index contributed by atoms with van der Waals surface area (Å²) in [6.45, 7) is 0. The Morgan fingerprint density at radius 1 is 0.417 bits per heavy atom. The number of carboxylic acid groups (broad SMARTS) is 4. The number of fused-ring (bicyclic) bond motifs is 1. The third-order valence-corrected chi connectivity index (χ3v) is 5.16. The summed E-state index contributed by atoms with van der Waals surface area (Å²) in [5, 5.41) is 38.4. The van der Waals surface area contributed by atoms with Gasteiger partial charge in [-0.1, -0.05) is 12.1 Å². The highest BCUT2D eigenvalue weighted by atomic mass is 16.5. The van der Waals surface area contributed by atoms with Crippen molar-refractivity contribution in [3.05, 3.63) is 95.1 Å². The van der Waals surface area contributed by atoms with Gasteiger partial charge >= 0.3 is 23.9 Å². The van der Waals surface area contributed by atoms with E-state index in [0.29, 0.717) is 16.9 Å². The molecule has 0 spiro atoms. The molecule has 0 bridgehead atoms. The molecular formula is C26H16O10. The summed E-state index contributed by atoms with van der Waals surface area (Å²) < 4.78 is 11.5. The second-order valence-corrected chi connectivity index (χ2v) is 7.51. The van der Waals surface area contributed by atoms with Crippen molar-refractivity contribution >= 4 is 34.6 Å². The van der Waals surface area contributed by atoms with E-state index in [1.165, 1.54) is 12.1 Å². The van der Waals surface area contributed by atoms with Gasteiger partial charge in [-0.15, -0.1) is 0 Å². The largest absolute Gasteiger partial charge is 0.478 e. The van der Waals surface area contributed by atoms with Crippen molar-refractivity contribution in [1.29, 1.82) is 0 Å². The van der Waals surface area contributed by atoms with Crippen LogP contribution in [0.25, 0.3) is 10.8 Å². The Morgan fingerprint density at radius 3 is 1.11 bits per heavy atom. The number of hydrogen-bond donors (Lipinski definition) is 4. The third-order valence-electron chi connectivity index (χ3n) is 5.16. The standard InChI is InChI=1S/C26H16O10/c27-23(28)19-7-5-17(11-21(19)25(31)32)35-15-3-1-13-2-4-16(10-14(13)9-15)36-18-6-8-20(24(29)30)22(12-18)26(33)34/h1-12H,(H,27,28)(H,29,30)(H,31,32)(H,33,34). The maximum Gasteiger partial charge on any atom is 0.336 e. The molecule has 36 heavy (non-hydrogen) atoms. The molecular weight excluding hydrogens is 472 g/mol. The molecule has 0 heterocycles. The summed E-state index contributed by atoms with van der Waals surface area (Å²) in [4.78, 5) is 45.3. The van der Waals surface area contributed by atoms with Crippen LogP contribution in [0.5, 0.6) is 23.0 Å². The fraction of sp³-hybridized carbons (Fsp3) is 0. The fourth-order valence-corrected chi connectivity index (χ4v) is 3.50. The van der Waals surface area contributed by atoms with Crippen LogP contribution in [-0.4, -0.2) is 44.3 Å². The van der Waals surface area contributed by atoms with Gasteiger partial charge in [0.2, 0.25) is 0 Å². The zero-order valence-corrected chi connectivity index (χ0v) is 18.2. The van der Waals surface area contributed by atoms with Crippen LogP contribution in [-0.2, 0) is 0 Å². The van der Waals surface area contributed by atoms with Crippen molar-refractivity contribution in [3.8, 4) is 23.0 Å². The molecule has 4 rings (SSSR count). The Kier molecular flexibility index (Phi) is 6.25. The van der Waals surface area contributed by atoms with Gasteiger partial charge in [0.1, 0.15) is 23.0 Å². The molecule has 0 fully saturated rings. The summed E-state index contributed by atoms with van der Waals surface area (Å²) in [5.41, 5.74) is -1.55. The van der Waals surface area contributed by atoms with Crippen LogP contribution in [0.15, 0.2) is 72.8 Å². The summed E-state index contributed by atoms with van der Waals surface area (Å²) in [5.74, 6) is -4.60. The fourth-order valence-electron chi connectivity index (χ4n) is 3.50. The number of carboxylic acids is 4. The Hall–Kier alpha value is -5.38. The average Bonchev–Trinajstić information content (AvgIpc) is 2.83. The van der Waals surface area contributed by atoms with Crippen LogP contribution < -0.4 is 9.47 Å². The molecule has 0 saturated heterocycles. The van der Waals surface area contributed by atoms with Gasteiger partial charge in [-0.2, -0.15) is 0 Å². The van der Waals surface area contributed by atoms with E-state index in [9.17, 15) is 29.4 Å². The molecule has 0 unspecified atom stereocenters. The molecule has 4 aromatic carbocycles. The van der Waals surface area contributed by atoms with Crippen LogP contribution in [0.1, 0.15) is 41.4 Å². The minimum absolute atomic E-state index is 0.129. The van der Waals surface area contributed by atoms with Crippen molar-refractivity contribution in [2.45, 2.75) is 0 Å². The van der Waals surface area contributed by atoms with Crippen LogP contribution in [0, 0.1) is 0 Å². The van der Waals surface area contributed by atoms with E-state index in [0.717, 1.165) is 29.7 Å². The molecule has 180 valence electrons. The van der Waals surface area contributed by atoms with Crippen LogP contribution >= 0.6 is 0 Å². The molecule has 0 atom stereocenters. The molecule has 4 aromatic rings. The number of aromatic carboxylic acids is 4. The van der Waals surface area contributed by atoms with Crippen LogP contribution in [0.4, 0.5) is 0 Å². The lowest BCUT2D eigenvalue weighted by molar-refractivity contribution is 0.0651. The van der Waals surface area contributed by atoms with Gasteiger partial charge in [0, 0.05) is 0 Å². The normalized spacial score (nSPS) is 10.6. The second kappa shape index (κ2) is 9.47. The van der Waals surface area contributed by atoms with Gasteiger partial charge in [-0.3, -0.25) is 0 Å². The van der Waals surface area contributed by atoms with Gasteiger partial charge in [-0.25, -0.2) is 19.2 Å². The predicted octanol–water partition coefficient (Wildman–Crippen LogP) is 5.22. The quantitative estimate of drug-likeness (QED) is 0.258. The van der Waals surface area contributed by atoms with Crippen molar-refractivity contribution < 1.29 is 49.1 Å². The summed E-state index contributed by atoms with van der Waals surface area (Å²) in [7, 11) is 0. The van der Waals surface area contributed by atoms with Crippen molar-refractivity contribution in [1.82, 2.24) is 0 Å². The van der Waals surface area contributed by atoms with Gasteiger partial charge in [-0.05, 0) is 71.4 Å². The van der Waals surface area contributed by atoms with E-state index in [-0.39, 0.29) is 22.6 Å². The SMILES string of the molecule is O=C(O)c1ccc(Oc2ccc3ccc(Oc4ccc(C(=O)O)c(C(=O)O)c4)cc3c2)cc1C(=O)O. The first kappa shape index (κ1) is 23.8. The minimum atomic E-state index is -1.40. The van der Waals surface area contributed by atoms with Gasteiger partial charge < -0.3 is 29.9 Å². The average molecular weight is 488 g/mol. The molecule has 0 aliphatic rings. The summed E-state index contributed by atoms with van der Waals surface area (Å²) in [6, 6.07) is 17.4. The molecule has 0 amide bonds. The molecule has 0 aliphatic heterocycles. The van der Waals surface area contributed by atoms with Crippen LogP contribution in [0.2, 0.25) is 0 Å². The highest BCUT2D eigenvalue weighted by molar-refractivity contribution is 6.02. The van der Waals surface area contributed by atoms with E-state index < -0.39 is 35.0 Å². The van der Waals surface area contributed by atoms with E-state index in [4.69, 9.17) is 19.7 Å². The number of benzene rings is 4. The van der Waals surface area contributed by atoms with E-state index in [1.807, 2.05) is 0 Å². The predicted molar refractivity (Wildman–Crippen MR) is 125 cm³/mol. The summed E-state index contributed by atoms with van der Waals surface area (Å²) >= 11 is 0. The first-order chi connectivity index (χ1) is 17.1. The Morgan fingerprint density at radius 2 is 0.750 bits per heavy atom. The van der Waals surface area contributed by atoms with E-state index >= 15 is 0 Å². The maximum atomic E-state index is 11.4. The van der Waals surface area contributed by atoms with Crippen molar-refractivity contribution in [2.24, 2.45) is 0 Å². The third kappa shape index (κ3) is 4.92. The topological polar surface area (TPSA) is 168 Å². The van der Waals surface area contributed by atoms with Crippen LogP contribution in [0.3, 0.4) is 0 Å². The van der Waals surface area contributed by atoms with Gasteiger partial charge in [0.05, 0.1) is 22.3 Å². The summed E-state index contributed by atoms with van der Waals surface area (Å²) in [6.07, 6.45) is 0. The molecule has 10 nitrogen and oxygen atoms in total. The van der Waals surface area contributed by atoms with E-state index in [1.54, 1.807) is 36.4 Å². The Labute approximate surface area is 202 Å². The second-order valence-electron chi connectivity index (χ2n) is 7.51. The molecule has 0 saturated carbocycles. The van der Waals surface area contributed by atoms with Crippen molar-refractivity contribution in [2.75, 3.05) is 0 Å². The first-order valence-electron chi connectivity index (χ1n) is 10.2. The highest BCUT2D eigenvalue weighted by Gasteiger charge is 2.18. The number of ether oxygens (including phenoxy) is 2. The zero-order valence-electron chi connectivity index (χ0n) is 18.2. The highest BCUT2D eigenvalue weighted by Crippen LogP contribution is 2.31. The Balaban J connectivity index is 1.62. The molecule has 0 aliphatic carbocycles. The molecule has 0 radical (unpaired) electrons. The number of hydrogen-bond acceptors (Lipinski definition) is 6. The zero-order chi connectivity index (χ0) is 26.0. The first-order valence-corrected chi connectivity index (χ1v) is 10.2. The smallest absolute Gasteiger partial charge is 0.336 e. The van der Waals surface area contributed by atoms with Crippen molar-refractivity contribution in [3.63, 3.8) is 0 Å². The van der Waals surface area contributed by atoms with Gasteiger partial charge in [0.15, 0.2) is 0 Å². The monoisotopic (exact) mass is 488 g/mol. The molecule has 0 aromatic heterocycles. The maximum absolute atomic E-state index is 11.4. The Bertz CT molecular complexity index is 1440. The minimum Gasteiger partial charge on any atom is -0.478 e.